The molecule has 3 aromatic rings. The summed E-state index contributed by atoms with van der Waals surface area (Å²) in [5.41, 5.74) is 2.89. The second-order valence-corrected chi connectivity index (χ2v) is 9.93. The fourth-order valence-electron chi connectivity index (χ4n) is 4.15. The van der Waals surface area contributed by atoms with Gasteiger partial charge in [0.05, 0.1) is 18.4 Å². The third-order valence-corrected chi connectivity index (χ3v) is 6.57. The Morgan fingerprint density at radius 3 is 2.81 bits per heavy atom. The number of benzene rings is 1. The fourth-order valence-corrected chi connectivity index (χ4v) is 4.71. The highest BCUT2D eigenvalue weighted by Gasteiger charge is 2.26. The average molecular weight is 605 g/mol. The van der Waals surface area contributed by atoms with Crippen molar-refractivity contribution in [3.63, 3.8) is 0 Å². The predicted molar refractivity (Wildman–Crippen MR) is 142 cm³/mol. The molecule has 1 saturated heterocycles. The van der Waals surface area contributed by atoms with Gasteiger partial charge in [0.25, 0.3) is 0 Å². The van der Waals surface area contributed by atoms with Crippen LogP contribution in [0.1, 0.15) is 29.6 Å². The lowest BCUT2D eigenvalue weighted by atomic mass is 10.1. The number of aromatic nitrogens is 5. The number of hydrogen-bond acceptors (Lipinski definition) is 7. The normalized spacial score (nSPS) is 16.6. The van der Waals surface area contributed by atoms with E-state index in [1.165, 1.54) is 0 Å². The summed E-state index contributed by atoms with van der Waals surface area (Å²) < 4.78 is 18.6. The molecule has 11 heteroatoms. The van der Waals surface area contributed by atoms with Crippen molar-refractivity contribution in [2.75, 3.05) is 32.9 Å². The number of carbonyl (C=O) groups excluding carboxylic acids is 1. The molecular formula is C25H29FIN7O2. The van der Waals surface area contributed by atoms with Crippen LogP contribution in [-0.2, 0) is 17.9 Å². The van der Waals surface area contributed by atoms with Crippen molar-refractivity contribution in [2.24, 2.45) is 0 Å². The van der Waals surface area contributed by atoms with E-state index >= 15 is 0 Å². The van der Waals surface area contributed by atoms with Crippen molar-refractivity contribution in [3.8, 4) is 5.75 Å². The van der Waals surface area contributed by atoms with E-state index in [0.29, 0.717) is 31.2 Å². The van der Waals surface area contributed by atoms with E-state index in [0.717, 1.165) is 33.5 Å². The lowest BCUT2D eigenvalue weighted by Crippen LogP contribution is -2.53. The van der Waals surface area contributed by atoms with E-state index < -0.39 is 6.67 Å². The summed E-state index contributed by atoms with van der Waals surface area (Å²) in [6, 6.07) is 9.87. The first kappa shape index (κ1) is 26.1. The zero-order valence-corrected chi connectivity index (χ0v) is 22.5. The Morgan fingerprint density at radius 1 is 1.25 bits per heavy atom. The number of nitrogens with zero attached hydrogens (tertiary/aromatic N) is 7. The standard InChI is InChI=1S/C25H29FIN7O2/c1-18-15-32(17-23-6-7-24(14-28-23)36-12-9-26)10-11-33(18)25(35)8-4-20-3-5-22(27)13-21(20)16-34-30-19(2)29-31-34/h3-8,13-14,18H,9-12,15-17H2,1-2H3/b8-4+. The monoisotopic (exact) mass is 605 g/mol. The van der Waals surface area contributed by atoms with Crippen LogP contribution in [-0.4, -0.2) is 79.9 Å². The second kappa shape index (κ2) is 12.3. The number of alkyl halides is 1. The first-order chi connectivity index (χ1) is 17.4. The van der Waals surface area contributed by atoms with Crippen LogP contribution in [0.4, 0.5) is 4.39 Å². The molecule has 0 aliphatic carbocycles. The Balaban J connectivity index is 1.34. The zero-order valence-electron chi connectivity index (χ0n) is 20.3. The van der Waals surface area contributed by atoms with Gasteiger partial charge in [-0.3, -0.25) is 14.7 Å². The minimum Gasteiger partial charge on any atom is -0.489 e. The molecule has 0 N–H and O–H groups in total. The van der Waals surface area contributed by atoms with E-state index in [4.69, 9.17) is 4.74 Å². The highest BCUT2D eigenvalue weighted by atomic mass is 127. The highest BCUT2D eigenvalue weighted by Crippen LogP contribution is 2.18. The largest absolute Gasteiger partial charge is 0.489 e. The molecule has 3 heterocycles. The van der Waals surface area contributed by atoms with Gasteiger partial charge in [-0.1, -0.05) is 6.07 Å². The minimum absolute atomic E-state index is 0.00568. The van der Waals surface area contributed by atoms with E-state index in [9.17, 15) is 9.18 Å². The highest BCUT2D eigenvalue weighted by molar-refractivity contribution is 14.1. The smallest absolute Gasteiger partial charge is 0.246 e. The molecule has 1 aromatic carbocycles. The Morgan fingerprint density at radius 2 is 2.11 bits per heavy atom. The Hall–Kier alpha value is -2.93. The molecular weight excluding hydrogens is 576 g/mol. The topological polar surface area (TPSA) is 89.3 Å². The molecule has 1 aliphatic rings. The molecule has 0 radical (unpaired) electrons. The molecule has 1 amide bonds. The number of pyridine rings is 1. The third kappa shape index (κ3) is 7.06. The molecule has 2 aromatic heterocycles. The molecule has 0 saturated carbocycles. The molecule has 36 heavy (non-hydrogen) atoms. The predicted octanol–water partition coefficient (Wildman–Crippen LogP) is 3.12. The lowest BCUT2D eigenvalue weighted by molar-refractivity contribution is -0.130. The van der Waals surface area contributed by atoms with Gasteiger partial charge in [0, 0.05) is 41.9 Å². The minimum atomic E-state index is -0.524. The molecule has 190 valence electrons. The van der Waals surface area contributed by atoms with E-state index in [2.05, 4.69) is 60.9 Å². The van der Waals surface area contributed by atoms with Crippen LogP contribution in [0.25, 0.3) is 6.08 Å². The summed E-state index contributed by atoms with van der Waals surface area (Å²) in [6.45, 7) is 6.71. The molecule has 4 rings (SSSR count). The summed E-state index contributed by atoms with van der Waals surface area (Å²) in [6.07, 6.45) is 5.14. The van der Waals surface area contributed by atoms with E-state index in [1.807, 2.05) is 35.2 Å². The van der Waals surface area contributed by atoms with Gasteiger partial charge in [-0.2, -0.15) is 4.80 Å². The van der Waals surface area contributed by atoms with Crippen molar-refractivity contribution in [3.05, 3.63) is 68.8 Å². The first-order valence-electron chi connectivity index (χ1n) is 11.8. The van der Waals surface area contributed by atoms with E-state index in [1.54, 1.807) is 24.0 Å². The maximum Gasteiger partial charge on any atom is 0.246 e. The summed E-state index contributed by atoms with van der Waals surface area (Å²) in [5.74, 6) is 1.18. The third-order valence-electron chi connectivity index (χ3n) is 5.90. The number of aryl methyl sites for hydroxylation is 1. The van der Waals surface area contributed by atoms with Gasteiger partial charge in [-0.15, -0.1) is 10.2 Å². The van der Waals surface area contributed by atoms with Gasteiger partial charge in [-0.25, -0.2) is 4.39 Å². The van der Waals surface area contributed by atoms with Crippen molar-refractivity contribution < 1.29 is 13.9 Å². The van der Waals surface area contributed by atoms with Crippen LogP contribution in [0.5, 0.6) is 5.75 Å². The molecule has 9 nitrogen and oxygen atoms in total. The Kier molecular flexibility index (Phi) is 8.97. The van der Waals surface area contributed by atoms with Crippen LogP contribution >= 0.6 is 22.6 Å². The molecule has 1 aliphatic heterocycles. The molecule has 0 bridgehead atoms. The van der Waals surface area contributed by atoms with Crippen LogP contribution in [0.2, 0.25) is 0 Å². The second-order valence-electron chi connectivity index (χ2n) is 8.68. The van der Waals surface area contributed by atoms with Crippen molar-refractivity contribution >= 4 is 34.6 Å². The molecule has 1 unspecified atom stereocenters. The van der Waals surface area contributed by atoms with Crippen LogP contribution < -0.4 is 4.74 Å². The van der Waals surface area contributed by atoms with Gasteiger partial charge >= 0.3 is 0 Å². The number of amides is 1. The molecule has 0 spiro atoms. The van der Waals surface area contributed by atoms with Gasteiger partial charge in [0.15, 0.2) is 5.82 Å². The van der Waals surface area contributed by atoms with Crippen LogP contribution in [0, 0.1) is 10.5 Å². The number of rotatable bonds is 9. The quantitative estimate of drug-likeness (QED) is 0.274. The SMILES string of the molecule is Cc1nnn(Cc2cc(I)ccc2/C=C/C(=O)N2CCN(Cc3ccc(OCCF)cn3)CC2C)n1. The average Bonchev–Trinajstić information content (AvgIpc) is 3.27. The van der Waals surface area contributed by atoms with Gasteiger partial charge in [0.1, 0.15) is 19.0 Å². The molecule has 1 atom stereocenters. The summed E-state index contributed by atoms with van der Waals surface area (Å²) >= 11 is 2.27. The summed E-state index contributed by atoms with van der Waals surface area (Å²) in [4.78, 5) is 23.2. The number of tetrazole rings is 1. The number of halogens is 2. The van der Waals surface area contributed by atoms with E-state index in [-0.39, 0.29) is 18.6 Å². The van der Waals surface area contributed by atoms with Crippen molar-refractivity contribution in [2.45, 2.75) is 33.0 Å². The number of hydrogen-bond donors (Lipinski definition) is 0. The summed E-state index contributed by atoms with van der Waals surface area (Å²) in [7, 11) is 0. The molecule has 1 fully saturated rings. The Labute approximate surface area is 223 Å². The maximum absolute atomic E-state index is 13.0. The van der Waals surface area contributed by atoms with Crippen LogP contribution in [0.15, 0.2) is 42.6 Å². The van der Waals surface area contributed by atoms with Crippen molar-refractivity contribution in [1.29, 1.82) is 0 Å². The maximum atomic E-state index is 13.0. The van der Waals surface area contributed by atoms with Crippen molar-refractivity contribution in [1.82, 2.24) is 35.0 Å². The van der Waals surface area contributed by atoms with Gasteiger partial charge in [0.2, 0.25) is 5.91 Å². The fraction of sp³-hybridized carbons (Fsp3) is 0.400. The Bertz CT molecular complexity index is 1200. The number of ether oxygens (including phenoxy) is 1. The van der Waals surface area contributed by atoms with Crippen LogP contribution in [0.3, 0.4) is 0 Å². The summed E-state index contributed by atoms with van der Waals surface area (Å²) in [5, 5.41) is 12.3. The van der Waals surface area contributed by atoms with Gasteiger partial charge < -0.3 is 9.64 Å². The first-order valence-corrected chi connectivity index (χ1v) is 12.9. The number of piperazine rings is 1. The lowest BCUT2D eigenvalue weighted by Gasteiger charge is -2.39. The van der Waals surface area contributed by atoms with Gasteiger partial charge in [-0.05, 0) is 83.1 Å². The zero-order chi connectivity index (χ0) is 25.5. The number of carbonyl (C=O) groups is 1.